The second kappa shape index (κ2) is 10.9. The lowest BCUT2D eigenvalue weighted by molar-refractivity contribution is 0.363. The van der Waals surface area contributed by atoms with E-state index in [1.165, 1.54) is 0 Å². The Bertz CT molecular complexity index is 2660. The number of nitrogens with zero attached hydrogens (tertiary/aromatic N) is 3. The summed E-state index contributed by atoms with van der Waals surface area (Å²) in [5.74, 6) is 3.44. The molecule has 0 bridgehead atoms. The first-order valence-corrected chi connectivity index (χ1v) is 16.3. The Labute approximate surface area is 282 Å². The molecule has 5 nitrogen and oxygen atoms in total. The summed E-state index contributed by atoms with van der Waals surface area (Å²) in [6.07, 6.45) is 0. The summed E-state index contributed by atoms with van der Waals surface area (Å²) in [6, 6.07) is 56.0. The van der Waals surface area contributed by atoms with Crippen molar-refractivity contribution in [3.8, 4) is 62.6 Å². The van der Waals surface area contributed by atoms with E-state index in [4.69, 9.17) is 19.4 Å². The molecule has 49 heavy (non-hydrogen) atoms. The van der Waals surface area contributed by atoms with E-state index in [-0.39, 0.29) is 0 Å². The van der Waals surface area contributed by atoms with E-state index in [1.54, 1.807) is 0 Å². The van der Waals surface area contributed by atoms with Crippen LogP contribution in [0.1, 0.15) is 0 Å². The van der Waals surface area contributed by atoms with Crippen LogP contribution in [0, 0.1) is 0 Å². The van der Waals surface area contributed by atoms with Crippen molar-refractivity contribution in [1.82, 2.24) is 14.5 Å². The normalized spacial score (nSPS) is 12.0. The number of fused-ring (bicyclic) bond motifs is 7. The first kappa shape index (κ1) is 27.4. The fourth-order valence-corrected chi connectivity index (χ4v) is 6.92. The monoisotopic (exact) mass is 629 g/mol. The van der Waals surface area contributed by atoms with Crippen LogP contribution < -0.4 is 9.47 Å². The highest BCUT2D eigenvalue weighted by molar-refractivity contribution is 6.12. The predicted molar refractivity (Wildman–Crippen MR) is 197 cm³/mol. The number of hydrogen-bond acceptors (Lipinski definition) is 4. The third-order valence-corrected chi connectivity index (χ3v) is 9.23. The van der Waals surface area contributed by atoms with Gasteiger partial charge in [0, 0.05) is 33.2 Å². The molecule has 0 unspecified atom stereocenters. The highest BCUT2D eigenvalue weighted by Crippen LogP contribution is 2.51. The minimum absolute atomic E-state index is 0.658. The van der Waals surface area contributed by atoms with Gasteiger partial charge >= 0.3 is 0 Å². The largest absolute Gasteiger partial charge is 0.449 e. The molecule has 9 aromatic rings. The Morgan fingerprint density at radius 2 is 1.04 bits per heavy atom. The van der Waals surface area contributed by atoms with Gasteiger partial charge in [-0.15, -0.1) is 0 Å². The molecule has 0 saturated carbocycles. The SMILES string of the molecule is c1ccc(-c2cc(-c3ccccc3)nc(-c3cccc(-n4c5ccccc5c5ccc6c(c54)Oc4cc5ccccc5cc4O6)c3)n2)cc1. The molecule has 0 amide bonds. The molecule has 0 aliphatic carbocycles. The van der Waals surface area contributed by atoms with Crippen LogP contribution in [0.4, 0.5) is 0 Å². The number of hydrogen-bond donors (Lipinski definition) is 0. The van der Waals surface area contributed by atoms with Crippen LogP contribution in [-0.2, 0) is 0 Å². The smallest absolute Gasteiger partial charge is 0.194 e. The molecular formula is C44H27N3O2. The van der Waals surface area contributed by atoms with E-state index in [2.05, 4.69) is 108 Å². The van der Waals surface area contributed by atoms with Gasteiger partial charge in [0.1, 0.15) is 5.52 Å². The Morgan fingerprint density at radius 1 is 0.429 bits per heavy atom. The summed E-state index contributed by atoms with van der Waals surface area (Å²) in [5, 5.41) is 4.42. The van der Waals surface area contributed by atoms with Crippen LogP contribution >= 0.6 is 0 Å². The standard InChI is InChI=1S/C44H27N3O2/c1-3-12-28(13-4-1)36-27-37(29-14-5-2-6-15-29)46-44(45-36)32-18-11-19-33(24-32)47-38-21-10-9-20-34(38)35-22-23-39-43(42(35)47)49-41-26-31-17-8-7-16-30(31)25-40(41)48-39/h1-27H. The van der Waals surface area contributed by atoms with E-state index < -0.39 is 0 Å². The van der Waals surface area contributed by atoms with Gasteiger partial charge in [0.05, 0.1) is 16.9 Å². The fraction of sp³-hybridized carbons (Fsp3) is 0. The van der Waals surface area contributed by atoms with Gasteiger partial charge in [-0.1, -0.05) is 115 Å². The average molecular weight is 630 g/mol. The topological polar surface area (TPSA) is 49.2 Å². The zero-order valence-electron chi connectivity index (χ0n) is 26.2. The van der Waals surface area contributed by atoms with Crippen LogP contribution in [0.5, 0.6) is 23.0 Å². The van der Waals surface area contributed by atoms with Gasteiger partial charge in [0.25, 0.3) is 0 Å². The number of aromatic nitrogens is 3. The first-order chi connectivity index (χ1) is 24.3. The Kier molecular flexibility index (Phi) is 6.11. The van der Waals surface area contributed by atoms with E-state index in [1.807, 2.05) is 60.7 Å². The highest BCUT2D eigenvalue weighted by Gasteiger charge is 2.26. The van der Waals surface area contributed by atoms with E-state index >= 15 is 0 Å². The average Bonchev–Trinajstić information content (AvgIpc) is 3.52. The third-order valence-electron chi connectivity index (χ3n) is 9.23. The molecule has 1 aliphatic rings. The first-order valence-electron chi connectivity index (χ1n) is 16.3. The molecular weight excluding hydrogens is 603 g/mol. The van der Waals surface area contributed by atoms with Crippen LogP contribution in [0.3, 0.4) is 0 Å². The summed E-state index contributed by atoms with van der Waals surface area (Å²) in [4.78, 5) is 10.2. The van der Waals surface area contributed by atoms with Gasteiger partial charge in [-0.25, -0.2) is 9.97 Å². The molecule has 2 aromatic heterocycles. The van der Waals surface area contributed by atoms with Crippen molar-refractivity contribution >= 4 is 32.6 Å². The summed E-state index contributed by atoms with van der Waals surface area (Å²) in [6.45, 7) is 0. The van der Waals surface area contributed by atoms with Crippen LogP contribution in [0.15, 0.2) is 164 Å². The van der Waals surface area contributed by atoms with E-state index in [0.29, 0.717) is 28.8 Å². The molecule has 10 rings (SSSR count). The van der Waals surface area contributed by atoms with Crippen molar-refractivity contribution in [3.05, 3.63) is 164 Å². The van der Waals surface area contributed by atoms with Crippen LogP contribution in [-0.4, -0.2) is 14.5 Å². The number of rotatable bonds is 4. The van der Waals surface area contributed by atoms with Crippen molar-refractivity contribution in [1.29, 1.82) is 0 Å². The lowest BCUT2D eigenvalue weighted by Gasteiger charge is -2.23. The number of ether oxygens (including phenoxy) is 2. The molecule has 0 radical (unpaired) electrons. The quantitative estimate of drug-likeness (QED) is 0.194. The maximum absolute atomic E-state index is 6.76. The van der Waals surface area contributed by atoms with Gasteiger partial charge in [0.2, 0.25) is 0 Å². The van der Waals surface area contributed by atoms with Crippen molar-refractivity contribution in [2.45, 2.75) is 0 Å². The summed E-state index contributed by atoms with van der Waals surface area (Å²) < 4.78 is 15.6. The summed E-state index contributed by atoms with van der Waals surface area (Å²) in [7, 11) is 0. The summed E-state index contributed by atoms with van der Waals surface area (Å²) in [5.41, 5.74) is 7.73. The molecule has 1 aliphatic heterocycles. The van der Waals surface area contributed by atoms with Gasteiger partial charge in [-0.05, 0) is 59.3 Å². The molecule has 7 aromatic carbocycles. The Hall–Kier alpha value is -6.72. The molecule has 0 fully saturated rings. The molecule has 0 saturated heterocycles. The van der Waals surface area contributed by atoms with Gasteiger partial charge < -0.3 is 14.0 Å². The lowest BCUT2D eigenvalue weighted by atomic mass is 10.1. The van der Waals surface area contributed by atoms with Gasteiger partial charge in [0.15, 0.2) is 28.8 Å². The zero-order chi connectivity index (χ0) is 32.3. The molecule has 3 heterocycles. The van der Waals surface area contributed by atoms with Crippen molar-refractivity contribution < 1.29 is 9.47 Å². The fourth-order valence-electron chi connectivity index (χ4n) is 6.92. The minimum atomic E-state index is 0.658. The van der Waals surface area contributed by atoms with Gasteiger partial charge in [-0.3, -0.25) is 0 Å². The molecule has 5 heteroatoms. The van der Waals surface area contributed by atoms with Crippen LogP contribution in [0.25, 0.3) is 72.2 Å². The minimum Gasteiger partial charge on any atom is -0.449 e. The van der Waals surface area contributed by atoms with Crippen LogP contribution in [0.2, 0.25) is 0 Å². The van der Waals surface area contributed by atoms with E-state index in [0.717, 1.165) is 66.3 Å². The Balaban J connectivity index is 1.17. The third kappa shape index (κ3) is 4.55. The zero-order valence-corrected chi connectivity index (χ0v) is 26.2. The maximum atomic E-state index is 6.76. The highest BCUT2D eigenvalue weighted by atomic mass is 16.6. The van der Waals surface area contributed by atoms with Crippen molar-refractivity contribution in [2.24, 2.45) is 0 Å². The maximum Gasteiger partial charge on any atom is 0.194 e. The van der Waals surface area contributed by atoms with Crippen molar-refractivity contribution in [2.75, 3.05) is 0 Å². The molecule has 0 N–H and O–H groups in total. The second-order valence-corrected chi connectivity index (χ2v) is 12.2. The molecule has 230 valence electrons. The Morgan fingerprint density at radius 3 is 1.76 bits per heavy atom. The lowest BCUT2D eigenvalue weighted by Crippen LogP contribution is -2.02. The second-order valence-electron chi connectivity index (χ2n) is 12.2. The van der Waals surface area contributed by atoms with Crippen molar-refractivity contribution in [3.63, 3.8) is 0 Å². The number of para-hydroxylation sites is 1. The summed E-state index contributed by atoms with van der Waals surface area (Å²) >= 11 is 0. The molecule has 0 spiro atoms. The number of benzene rings is 7. The van der Waals surface area contributed by atoms with E-state index in [9.17, 15) is 0 Å². The predicted octanol–water partition coefficient (Wildman–Crippen LogP) is 11.6. The van der Waals surface area contributed by atoms with Gasteiger partial charge in [-0.2, -0.15) is 0 Å². The molecule has 0 atom stereocenters.